The van der Waals surface area contributed by atoms with Crippen LogP contribution in [0.15, 0.2) is 0 Å². The quantitative estimate of drug-likeness (QED) is 0.396. The Hall–Kier alpha value is -0.340. The van der Waals surface area contributed by atoms with Gasteiger partial charge < -0.3 is 4.74 Å². The van der Waals surface area contributed by atoms with Crippen LogP contribution >= 0.6 is 0 Å². The predicted molar refractivity (Wildman–Crippen MR) is 42.0 cm³/mol. The van der Waals surface area contributed by atoms with Gasteiger partial charge in [-0.05, 0) is 6.42 Å². The van der Waals surface area contributed by atoms with Gasteiger partial charge in [0, 0.05) is 6.61 Å². The van der Waals surface area contributed by atoms with Crippen molar-refractivity contribution in [2.45, 2.75) is 18.9 Å². The number of ether oxygens (including phenoxy) is 1. The van der Waals surface area contributed by atoms with Gasteiger partial charge in [-0.1, -0.05) is 6.92 Å². The fraction of sp³-hybridized carbons (Fsp3) is 1.00. The van der Waals surface area contributed by atoms with Crippen molar-refractivity contribution in [3.8, 4) is 0 Å². The third-order valence-corrected chi connectivity index (χ3v) is 2.14. The van der Waals surface area contributed by atoms with Crippen LogP contribution in [-0.4, -0.2) is 33.7 Å². The molecule has 86 valence electrons. The molecular formula is C6H11F3O4S. The van der Waals surface area contributed by atoms with E-state index in [4.69, 9.17) is 4.74 Å². The van der Waals surface area contributed by atoms with E-state index in [1.54, 1.807) is 0 Å². The second kappa shape index (κ2) is 5.52. The fourth-order valence-corrected chi connectivity index (χ4v) is 0.937. The number of hydrogen-bond acceptors (Lipinski definition) is 4. The Kier molecular flexibility index (Phi) is 5.38. The van der Waals surface area contributed by atoms with Gasteiger partial charge in [0.1, 0.15) is 0 Å². The molecule has 0 saturated carbocycles. The number of hydrogen-bond donors (Lipinski definition) is 0. The lowest BCUT2D eigenvalue weighted by molar-refractivity contribution is -0.0555. The maximum Gasteiger partial charge on any atom is 0.523 e. The summed E-state index contributed by atoms with van der Waals surface area (Å²) in [5.74, 6) is 0. The molecule has 0 aliphatic heterocycles. The SMILES string of the molecule is CCCOCCOS(=O)(=O)C(F)(F)F. The largest absolute Gasteiger partial charge is 0.523 e. The van der Waals surface area contributed by atoms with E-state index in [-0.39, 0.29) is 6.61 Å². The zero-order chi connectivity index (χ0) is 11.2. The average molecular weight is 236 g/mol. The summed E-state index contributed by atoms with van der Waals surface area (Å²) in [5.41, 5.74) is -5.36. The summed E-state index contributed by atoms with van der Waals surface area (Å²) < 4.78 is 63.9. The second-order valence-corrected chi connectivity index (χ2v) is 3.94. The summed E-state index contributed by atoms with van der Waals surface area (Å²) >= 11 is 0. The molecule has 0 aromatic rings. The number of halogens is 3. The van der Waals surface area contributed by atoms with Crippen LogP contribution in [-0.2, 0) is 19.0 Å². The molecule has 0 rings (SSSR count). The lowest BCUT2D eigenvalue weighted by Crippen LogP contribution is -2.26. The van der Waals surface area contributed by atoms with E-state index < -0.39 is 22.2 Å². The van der Waals surface area contributed by atoms with Crippen LogP contribution in [0.4, 0.5) is 13.2 Å². The third kappa shape index (κ3) is 4.77. The highest BCUT2D eigenvalue weighted by molar-refractivity contribution is 7.87. The standard InChI is InChI=1S/C6H11F3O4S/c1-2-3-12-4-5-13-14(10,11)6(7,8)9/h2-5H2,1H3. The maximum absolute atomic E-state index is 11.7. The first-order chi connectivity index (χ1) is 6.31. The van der Waals surface area contributed by atoms with Crippen LogP contribution in [0, 0.1) is 0 Å². The van der Waals surface area contributed by atoms with Gasteiger partial charge in [-0.2, -0.15) is 21.6 Å². The fourth-order valence-electron chi connectivity index (χ4n) is 0.516. The van der Waals surface area contributed by atoms with E-state index in [0.29, 0.717) is 13.0 Å². The molecule has 0 aliphatic rings. The van der Waals surface area contributed by atoms with Crippen molar-refractivity contribution in [1.82, 2.24) is 0 Å². The van der Waals surface area contributed by atoms with Gasteiger partial charge in [-0.3, -0.25) is 4.18 Å². The van der Waals surface area contributed by atoms with Gasteiger partial charge in [0.25, 0.3) is 0 Å². The average Bonchev–Trinajstić information content (AvgIpc) is 2.02. The molecule has 0 heterocycles. The van der Waals surface area contributed by atoms with Crippen molar-refractivity contribution in [2.24, 2.45) is 0 Å². The first-order valence-electron chi connectivity index (χ1n) is 3.84. The molecule has 0 aliphatic carbocycles. The summed E-state index contributed by atoms with van der Waals surface area (Å²) in [5, 5.41) is 0. The predicted octanol–water partition coefficient (Wildman–Crippen LogP) is 1.28. The van der Waals surface area contributed by atoms with E-state index in [1.165, 1.54) is 0 Å². The monoisotopic (exact) mass is 236 g/mol. The van der Waals surface area contributed by atoms with Crippen molar-refractivity contribution >= 4 is 10.1 Å². The normalized spacial score (nSPS) is 13.1. The summed E-state index contributed by atoms with van der Waals surface area (Å²) in [6.07, 6.45) is 0.700. The molecule has 0 atom stereocenters. The molecule has 0 fully saturated rings. The molecule has 0 saturated heterocycles. The van der Waals surface area contributed by atoms with Crippen LogP contribution in [0.5, 0.6) is 0 Å². The minimum Gasteiger partial charge on any atom is -0.379 e. The molecule has 0 aromatic heterocycles. The van der Waals surface area contributed by atoms with Crippen LogP contribution in [0.3, 0.4) is 0 Å². The lowest BCUT2D eigenvalue weighted by atomic mass is 10.5. The van der Waals surface area contributed by atoms with Crippen molar-refractivity contribution in [1.29, 1.82) is 0 Å². The first-order valence-corrected chi connectivity index (χ1v) is 5.25. The topological polar surface area (TPSA) is 52.6 Å². The highest BCUT2D eigenvalue weighted by Gasteiger charge is 2.47. The molecule has 0 amide bonds. The smallest absolute Gasteiger partial charge is 0.379 e. The van der Waals surface area contributed by atoms with E-state index >= 15 is 0 Å². The summed E-state index contributed by atoms with van der Waals surface area (Å²) in [7, 11) is -5.46. The van der Waals surface area contributed by atoms with Gasteiger partial charge in [0.15, 0.2) is 0 Å². The maximum atomic E-state index is 11.7. The molecular weight excluding hydrogens is 225 g/mol. The van der Waals surface area contributed by atoms with E-state index in [0.717, 1.165) is 0 Å². The Labute approximate surface area is 80.1 Å². The van der Waals surface area contributed by atoms with Crippen molar-refractivity contribution in [2.75, 3.05) is 19.8 Å². The lowest BCUT2D eigenvalue weighted by Gasteiger charge is -2.08. The van der Waals surface area contributed by atoms with Crippen LogP contribution in [0.1, 0.15) is 13.3 Å². The minimum absolute atomic E-state index is 0.177. The van der Waals surface area contributed by atoms with Gasteiger partial charge in [0.05, 0.1) is 13.2 Å². The van der Waals surface area contributed by atoms with Crippen molar-refractivity contribution in [3.05, 3.63) is 0 Å². The molecule has 14 heavy (non-hydrogen) atoms. The van der Waals surface area contributed by atoms with E-state index in [2.05, 4.69) is 4.18 Å². The zero-order valence-electron chi connectivity index (χ0n) is 7.50. The minimum atomic E-state index is -5.46. The van der Waals surface area contributed by atoms with Gasteiger partial charge in [-0.25, -0.2) is 0 Å². The van der Waals surface area contributed by atoms with Crippen molar-refractivity contribution < 1.29 is 30.5 Å². The molecule has 0 spiro atoms. The van der Waals surface area contributed by atoms with Crippen molar-refractivity contribution in [3.63, 3.8) is 0 Å². The Balaban J connectivity index is 3.80. The summed E-state index contributed by atoms with van der Waals surface area (Å²) in [6.45, 7) is 1.37. The first kappa shape index (κ1) is 13.7. The Morgan fingerprint density at radius 1 is 1.14 bits per heavy atom. The van der Waals surface area contributed by atoms with Crippen LogP contribution in [0.25, 0.3) is 0 Å². The highest BCUT2D eigenvalue weighted by atomic mass is 32.2. The Morgan fingerprint density at radius 2 is 1.71 bits per heavy atom. The Morgan fingerprint density at radius 3 is 2.14 bits per heavy atom. The van der Waals surface area contributed by atoms with E-state index in [9.17, 15) is 21.6 Å². The molecule has 0 aromatic carbocycles. The van der Waals surface area contributed by atoms with Crippen LogP contribution < -0.4 is 0 Å². The molecule has 4 nitrogen and oxygen atoms in total. The highest BCUT2D eigenvalue weighted by Crippen LogP contribution is 2.24. The summed E-state index contributed by atoms with van der Waals surface area (Å²) in [4.78, 5) is 0. The molecule has 0 N–H and O–H groups in total. The second-order valence-electron chi connectivity index (χ2n) is 2.33. The molecule has 0 radical (unpaired) electrons. The third-order valence-electron chi connectivity index (χ3n) is 1.10. The molecule has 8 heteroatoms. The zero-order valence-corrected chi connectivity index (χ0v) is 8.32. The number of alkyl halides is 3. The molecule has 0 unspecified atom stereocenters. The van der Waals surface area contributed by atoms with Gasteiger partial charge in [-0.15, -0.1) is 0 Å². The number of rotatable bonds is 6. The molecule has 0 bridgehead atoms. The van der Waals surface area contributed by atoms with Gasteiger partial charge in [0.2, 0.25) is 0 Å². The van der Waals surface area contributed by atoms with Crippen LogP contribution in [0.2, 0.25) is 0 Å². The summed E-state index contributed by atoms with van der Waals surface area (Å²) in [6, 6.07) is 0. The Bertz CT molecular complexity index is 246. The van der Waals surface area contributed by atoms with Gasteiger partial charge >= 0.3 is 15.6 Å². The van der Waals surface area contributed by atoms with E-state index in [1.807, 2.05) is 6.92 Å².